The van der Waals surface area contributed by atoms with Gasteiger partial charge in [0, 0.05) is 25.0 Å². The fourth-order valence-corrected chi connectivity index (χ4v) is 2.31. The zero-order chi connectivity index (χ0) is 14.7. The van der Waals surface area contributed by atoms with E-state index in [1.165, 1.54) is 12.8 Å². The fraction of sp³-hybridized carbons (Fsp3) is 0.438. The molecule has 0 unspecified atom stereocenters. The lowest BCUT2D eigenvalue weighted by molar-refractivity contribution is -0.131. The highest BCUT2D eigenvalue weighted by atomic mass is 16.3. The number of furan rings is 1. The van der Waals surface area contributed by atoms with Crippen LogP contribution in [0, 0.1) is 0 Å². The van der Waals surface area contributed by atoms with E-state index in [4.69, 9.17) is 4.42 Å². The molecule has 0 aromatic carbocycles. The van der Waals surface area contributed by atoms with Gasteiger partial charge in [-0.05, 0) is 37.1 Å². The number of amides is 1. The standard InChI is InChI=1S/C16H21N3O2/c1-18-8-2-4-14(18)11-19(12-15-5-3-9-21-15)16(20)10-17-13-6-7-13/h2-5,8-9,13,17H,6-7,10-12H2,1H3. The summed E-state index contributed by atoms with van der Waals surface area (Å²) in [5.41, 5.74) is 1.11. The Labute approximate surface area is 124 Å². The Bertz CT molecular complexity index is 584. The average Bonchev–Trinajstić information content (AvgIpc) is 3.00. The van der Waals surface area contributed by atoms with Crippen molar-refractivity contribution in [2.24, 2.45) is 7.05 Å². The maximum absolute atomic E-state index is 12.5. The first-order chi connectivity index (χ1) is 10.2. The second-order valence-corrected chi connectivity index (χ2v) is 5.59. The molecule has 0 radical (unpaired) electrons. The molecule has 5 nitrogen and oxygen atoms in total. The molecule has 2 aromatic rings. The molecule has 0 saturated heterocycles. The molecule has 112 valence electrons. The summed E-state index contributed by atoms with van der Waals surface area (Å²) < 4.78 is 7.42. The molecule has 21 heavy (non-hydrogen) atoms. The Kier molecular flexibility index (Phi) is 4.10. The molecule has 0 bridgehead atoms. The molecular weight excluding hydrogens is 266 g/mol. The summed E-state index contributed by atoms with van der Waals surface area (Å²) in [5.74, 6) is 0.920. The van der Waals surface area contributed by atoms with Crippen LogP contribution in [0.5, 0.6) is 0 Å². The van der Waals surface area contributed by atoms with E-state index in [0.717, 1.165) is 11.5 Å². The molecule has 2 aromatic heterocycles. The lowest BCUT2D eigenvalue weighted by Crippen LogP contribution is -2.38. The molecule has 0 atom stereocenters. The van der Waals surface area contributed by atoms with Gasteiger partial charge in [-0.15, -0.1) is 0 Å². The van der Waals surface area contributed by atoms with Gasteiger partial charge in [0.05, 0.1) is 25.9 Å². The van der Waals surface area contributed by atoms with E-state index in [1.54, 1.807) is 6.26 Å². The first kappa shape index (κ1) is 13.9. The van der Waals surface area contributed by atoms with E-state index in [9.17, 15) is 4.79 Å². The lowest BCUT2D eigenvalue weighted by atomic mass is 10.3. The Morgan fingerprint density at radius 3 is 2.86 bits per heavy atom. The molecule has 5 heteroatoms. The van der Waals surface area contributed by atoms with Gasteiger partial charge in [0.15, 0.2) is 0 Å². The molecular formula is C16H21N3O2. The van der Waals surface area contributed by atoms with Gasteiger partial charge in [0.1, 0.15) is 5.76 Å². The van der Waals surface area contributed by atoms with Crippen molar-refractivity contribution in [2.75, 3.05) is 6.54 Å². The minimum Gasteiger partial charge on any atom is -0.467 e. The third-order valence-corrected chi connectivity index (χ3v) is 3.80. The van der Waals surface area contributed by atoms with E-state index in [1.807, 2.05) is 47.0 Å². The summed E-state index contributed by atoms with van der Waals surface area (Å²) in [7, 11) is 1.99. The second-order valence-electron chi connectivity index (χ2n) is 5.59. The molecule has 1 N–H and O–H groups in total. The largest absolute Gasteiger partial charge is 0.467 e. The zero-order valence-corrected chi connectivity index (χ0v) is 12.3. The van der Waals surface area contributed by atoms with Crippen LogP contribution in [0.4, 0.5) is 0 Å². The maximum atomic E-state index is 12.5. The third-order valence-electron chi connectivity index (χ3n) is 3.80. The molecule has 3 rings (SSSR count). The number of nitrogens with zero attached hydrogens (tertiary/aromatic N) is 2. The summed E-state index contributed by atoms with van der Waals surface area (Å²) in [5, 5.41) is 3.28. The van der Waals surface area contributed by atoms with Gasteiger partial charge in [0.2, 0.25) is 5.91 Å². The number of carbonyl (C=O) groups excluding carboxylic acids is 1. The topological polar surface area (TPSA) is 50.4 Å². The van der Waals surface area contributed by atoms with Crippen molar-refractivity contribution in [3.63, 3.8) is 0 Å². The first-order valence-corrected chi connectivity index (χ1v) is 7.36. The second kappa shape index (κ2) is 6.18. The monoisotopic (exact) mass is 287 g/mol. The average molecular weight is 287 g/mol. The van der Waals surface area contributed by atoms with Crippen LogP contribution in [0.25, 0.3) is 0 Å². The molecule has 0 spiro atoms. The van der Waals surface area contributed by atoms with Crippen LogP contribution in [-0.2, 0) is 24.9 Å². The van der Waals surface area contributed by atoms with E-state index in [2.05, 4.69) is 5.32 Å². The van der Waals surface area contributed by atoms with Crippen LogP contribution in [-0.4, -0.2) is 28.0 Å². The van der Waals surface area contributed by atoms with Gasteiger partial charge in [-0.2, -0.15) is 0 Å². The van der Waals surface area contributed by atoms with E-state index < -0.39 is 0 Å². The van der Waals surface area contributed by atoms with Crippen molar-refractivity contribution in [1.29, 1.82) is 0 Å². The van der Waals surface area contributed by atoms with Crippen LogP contribution in [0.1, 0.15) is 24.3 Å². The SMILES string of the molecule is Cn1cccc1CN(Cc1ccco1)C(=O)CNC1CC1. The minimum absolute atomic E-state index is 0.111. The van der Waals surface area contributed by atoms with Gasteiger partial charge in [-0.1, -0.05) is 0 Å². The van der Waals surface area contributed by atoms with Crippen molar-refractivity contribution in [3.8, 4) is 0 Å². The Balaban J connectivity index is 1.66. The molecule has 1 aliphatic carbocycles. The molecule has 1 saturated carbocycles. The number of hydrogen-bond acceptors (Lipinski definition) is 3. The molecule has 1 amide bonds. The molecule has 2 heterocycles. The van der Waals surface area contributed by atoms with Crippen LogP contribution >= 0.6 is 0 Å². The van der Waals surface area contributed by atoms with Crippen molar-refractivity contribution in [1.82, 2.24) is 14.8 Å². The van der Waals surface area contributed by atoms with Gasteiger partial charge in [-0.25, -0.2) is 0 Å². The van der Waals surface area contributed by atoms with Gasteiger partial charge in [0.25, 0.3) is 0 Å². The van der Waals surface area contributed by atoms with Crippen LogP contribution in [0.3, 0.4) is 0 Å². The quantitative estimate of drug-likeness (QED) is 0.846. The first-order valence-electron chi connectivity index (χ1n) is 7.36. The Morgan fingerprint density at radius 2 is 2.24 bits per heavy atom. The van der Waals surface area contributed by atoms with Crippen LogP contribution < -0.4 is 5.32 Å². The number of hydrogen-bond donors (Lipinski definition) is 1. The predicted molar refractivity (Wildman–Crippen MR) is 79.4 cm³/mol. The van der Waals surface area contributed by atoms with Gasteiger partial charge >= 0.3 is 0 Å². The minimum atomic E-state index is 0.111. The number of carbonyl (C=O) groups is 1. The highest BCUT2D eigenvalue weighted by Crippen LogP contribution is 2.18. The highest BCUT2D eigenvalue weighted by molar-refractivity contribution is 5.78. The Hall–Kier alpha value is -2.01. The zero-order valence-electron chi connectivity index (χ0n) is 12.3. The third kappa shape index (κ3) is 3.76. The van der Waals surface area contributed by atoms with Crippen molar-refractivity contribution < 1.29 is 9.21 Å². The van der Waals surface area contributed by atoms with Crippen molar-refractivity contribution >= 4 is 5.91 Å². The fourth-order valence-electron chi connectivity index (χ4n) is 2.31. The highest BCUT2D eigenvalue weighted by Gasteiger charge is 2.23. The molecule has 0 aliphatic heterocycles. The van der Waals surface area contributed by atoms with E-state index in [0.29, 0.717) is 25.7 Å². The molecule has 1 aliphatic rings. The smallest absolute Gasteiger partial charge is 0.237 e. The Morgan fingerprint density at radius 1 is 1.38 bits per heavy atom. The summed E-state index contributed by atoms with van der Waals surface area (Å²) >= 11 is 0. The van der Waals surface area contributed by atoms with Crippen LogP contribution in [0.2, 0.25) is 0 Å². The van der Waals surface area contributed by atoms with Gasteiger partial charge < -0.3 is 19.2 Å². The van der Waals surface area contributed by atoms with E-state index in [-0.39, 0.29) is 5.91 Å². The number of aromatic nitrogens is 1. The number of rotatable bonds is 7. The summed E-state index contributed by atoms with van der Waals surface area (Å²) in [6.07, 6.45) is 6.00. The van der Waals surface area contributed by atoms with Crippen molar-refractivity contribution in [2.45, 2.75) is 32.0 Å². The van der Waals surface area contributed by atoms with E-state index >= 15 is 0 Å². The normalized spacial score (nSPS) is 14.3. The number of nitrogens with one attached hydrogen (secondary N) is 1. The van der Waals surface area contributed by atoms with Crippen molar-refractivity contribution in [3.05, 3.63) is 48.2 Å². The maximum Gasteiger partial charge on any atom is 0.237 e. The van der Waals surface area contributed by atoms with Crippen LogP contribution in [0.15, 0.2) is 41.1 Å². The lowest BCUT2D eigenvalue weighted by Gasteiger charge is -2.22. The summed E-state index contributed by atoms with van der Waals surface area (Å²) in [6, 6.07) is 8.32. The number of aryl methyl sites for hydroxylation is 1. The predicted octanol–water partition coefficient (Wildman–Crippen LogP) is 1.90. The summed E-state index contributed by atoms with van der Waals surface area (Å²) in [4.78, 5) is 14.3. The van der Waals surface area contributed by atoms with Gasteiger partial charge in [-0.3, -0.25) is 4.79 Å². The summed E-state index contributed by atoms with van der Waals surface area (Å²) in [6.45, 7) is 1.49. The molecule has 1 fully saturated rings.